The number of hydrogen-bond acceptors (Lipinski definition) is 3. The fourth-order valence-electron chi connectivity index (χ4n) is 1.90. The Kier molecular flexibility index (Phi) is 3.21. The first-order chi connectivity index (χ1) is 9.17. The van der Waals surface area contributed by atoms with Gasteiger partial charge in [0.25, 0.3) is 0 Å². The number of fused-ring (bicyclic) bond motifs is 1. The third-order valence-electron chi connectivity index (χ3n) is 3.20. The van der Waals surface area contributed by atoms with Crippen LogP contribution in [0.25, 0.3) is 11.0 Å². The minimum atomic E-state index is -5.07. The Morgan fingerprint density at radius 2 is 2.00 bits per heavy atom. The summed E-state index contributed by atoms with van der Waals surface area (Å²) in [5.41, 5.74) is 2.80. The fraction of sp³-hybridized carbons (Fsp3) is 0.333. The number of halogens is 3. The minimum absolute atomic E-state index is 0.0339. The van der Waals surface area contributed by atoms with Crippen molar-refractivity contribution >= 4 is 17.0 Å². The van der Waals surface area contributed by atoms with Gasteiger partial charge in [-0.25, -0.2) is 9.78 Å². The summed E-state index contributed by atoms with van der Waals surface area (Å²) in [5, 5.41) is 8.81. The predicted molar refractivity (Wildman–Crippen MR) is 65.0 cm³/mol. The molecular weight excluding hydrogens is 275 g/mol. The molecular formula is C12H12F3N3O2. The minimum Gasteiger partial charge on any atom is -0.480 e. The van der Waals surface area contributed by atoms with Crippen LogP contribution in [0.4, 0.5) is 13.2 Å². The quantitative estimate of drug-likeness (QED) is 0.895. The molecule has 1 atom stereocenters. The van der Waals surface area contributed by atoms with Gasteiger partial charge >= 0.3 is 12.1 Å². The van der Waals surface area contributed by atoms with Gasteiger partial charge in [0.15, 0.2) is 0 Å². The second kappa shape index (κ2) is 4.48. The van der Waals surface area contributed by atoms with Crippen LogP contribution < -0.4 is 5.73 Å². The molecule has 2 aromatic rings. The van der Waals surface area contributed by atoms with Gasteiger partial charge in [-0.1, -0.05) is 12.1 Å². The molecule has 5 nitrogen and oxygen atoms in total. The lowest BCUT2D eigenvalue weighted by Gasteiger charge is -2.26. The highest BCUT2D eigenvalue weighted by molar-refractivity contribution is 5.81. The van der Waals surface area contributed by atoms with Crippen LogP contribution in [0.15, 0.2) is 24.3 Å². The zero-order valence-corrected chi connectivity index (χ0v) is 10.5. The largest absolute Gasteiger partial charge is 0.480 e. The Balaban J connectivity index is 2.50. The molecule has 1 unspecified atom stereocenters. The van der Waals surface area contributed by atoms with Crippen molar-refractivity contribution in [2.75, 3.05) is 0 Å². The van der Waals surface area contributed by atoms with E-state index in [1.807, 2.05) is 0 Å². The number of imidazole rings is 1. The van der Waals surface area contributed by atoms with Gasteiger partial charge < -0.3 is 15.4 Å². The van der Waals surface area contributed by atoms with Crippen molar-refractivity contribution < 1.29 is 23.1 Å². The number of alkyl halides is 3. The maximum atomic E-state index is 12.9. The zero-order chi connectivity index (χ0) is 15.1. The van der Waals surface area contributed by atoms with E-state index < -0.39 is 24.1 Å². The Hall–Kier alpha value is -2.09. The van der Waals surface area contributed by atoms with Crippen LogP contribution in [-0.2, 0) is 18.3 Å². The second-order valence-electron chi connectivity index (χ2n) is 4.53. The van der Waals surface area contributed by atoms with Crippen LogP contribution in [0.2, 0.25) is 0 Å². The molecule has 2 rings (SSSR count). The van der Waals surface area contributed by atoms with Gasteiger partial charge in [0.05, 0.1) is 11.0 Å². The van der Waals surface area contributed by atoms with Crippen molar-refractivity contribution in [3.63, 3.8) is 0 Å². The monoisotopic (exact) mass is 287 g/mol. The van der Waals surface area contributed by atoms with E-state index in [0.717, 1.165) is 0 Å². The summed E-state index contributed by atoms with van der Waals surface area (Å²) >= 11 is 0. The van der Waals surface area contributed by atoms with E-state index >= 15 is 0 Å². The highest BCUT2D eigenvalue weighted by Gasteiger charge is 2.58. The van der Waals surface area contributed by atoms with Crippen LogP contribution >= 0.6 is 0 Å². The van der Waals surface area contributed by atoms with Gasteiger partial charge in [-0.3, -0.25) is 0 Å². The summed E-state index contributed by atoms with van der Waals surface area (Å²) in [6.45, 7) is 0. The van der Waals surface area contributed by atoms with Crippen molar-refractivity contribution in [3.8, 4) is 0 Å². The zero-order valence-electron chi connectivity index (χ0n) is 10.5. The Labute approximate surface area is 111 Å². The van der Waals surface area contributed by atoms with Crippen LogP contribution in [0.5, 0.6) is 0 Å². The van der Waals surface area contributed by atoms with Crippen molar-refractivity contribution in [3.05, 3.63) is 30.1 Å². The molecule has 8 heteroatoms. The number of aliphatic carboxylic acids is 1. The molecule has 0 aliphatic carbocycles. The summed E-state index contributed by atoms with van der Waals surface area (Å²) in [7, 11) is 1.52. The molecule has 20 heavy (non-hydrogen) atoms. The number of aryl methyl sites for hydroxylation is 1. The molecule has 0 aliphatic heterocycles. The SMILES string of the molecule is Cn1c(CC(N)(C(=O)O)C(F)(F)F)nc2ccccc21. The van der Waals surface area contributed by atoms with Gasteiger partial charge in [0.1, 0.15) is 5.82 Å². The number of carboxylic acid groups (broad SMARTS) is 1. The van der Waals surface area contributed by atoms with Crippen LogP contribution in [0.3, 0.4) is 0 Å². The topological polar surface area (TPSA) is 81.1 Å². The summed E-state index contributed by atoms with van der Waals surface area (Å²) in [4.78, 5) is 14.9. The third-order valence-corrected chi connectivity index (χ3v) is 3.20. The smallest absolute Gasteiger partial charge is 0.417 e. The van der Waals surface area contributed by atoms with Gasteiger partial charge in [-0.2, -0.15) is 13.2 Å². The van der Waals surface area contributed by atoms with Crippen LogP contribution in [0, 0.1) is 0 Å². The lowest BCUT2D eigenvalue weighted by atomic mass is 9.95. The molecule has 3 N–H and O–H groups in total. The number of rotatable bonds is 3. The van der Waals surface area contributed by atoms with Gasteiger partial charge in [0, 0.05) is 13.5 Å². The summed E-state index contributed by atoms with van der Waals surface area (Å²) in [6.07, 6.45) is -6.01. The van der Waals surface area contributed by atoms with Crippen LogP contribution in [-0.4, -0.2) is 32.3 Å². The van der Waals surface area contributed by atoms with Crippen molar-refractivity contribution in [2.45, 2.75) is 18.1 Å². The highest BCUT2D eigenvalue weighted by atomic mass is 19.4. The normalized spacial score (nSPS) is 15.2. The van der Waals surface area contributed by atoms with E-state index in [1.54, 1.807) is 24.3 Å². The predicted octanol–water partition coefficient (Wildman–Crippen LogP) is 1.46. The number of carbonyl (C=O) groups is 1. The summed E-state index contributed by atoms with van der Waals surface area (Å²) < 4.78 is 40.1. The maximum absolute atomic E-state index is 12.9. The first-order valence-corrected chi connectivity index (χ1v) is 5.66. The molecule has 0 radical (unpaired) electrons. The van der Waals surface area contributed by atoms with E-state index in [1.165, 1.54) is 11.6 Å². The molecule has 0 saturated heterocycles. The summed E-state index contributed by atoms with van der Waals surface area (Å²) in [6, 6.07) is 6.71. The number of carboxylic acids is 1. The number of nitrogens with zero attached hydrogens (tertiary/aromatic N) is 2. The number of benzene rings is 1. The van der Waals surface area contributed by atoms with E-state index in [9.17, 15) is 18.0 Å². The molecule has 108 valence electrons. The number of hydrogen-bond donors (Lipinski definition) is 2. The van der Waals surface area contributed by atoms with Gasteiger partial charge in [-0.15, -0.1) is 0 Å². The maximum Gasteiger partial charge on any atom is 0.417 e. The van der Waals surface area contributed by atoms with E-state index in [2.05, 4.69) is 4.98 Å². The van der Waals surface area contributed by atoms with Crippen molar-refractivity contribution in [1.29, 1.82) is 0 Å². The lowest BCUT2D eigenvalue weighted by molar-refractivity contribution is -0.202. The molecule has 0 aliphatic rings. The Bertz CT molecular complexity index is 666. The van der Waals surface area contributed by atoms with E-state index in [0.29, 0.717) is 11.0 Å². The number of aromatic nitrogens is 2. The Morgan fingerprint density at radius 1 is 1.40 bits per heavy atom. The van der Waals surface area contributed by atoms with Crippen molar-refractivity contribution in [1.82, 2.24) is 9.55 Å². The molecule has 0 amide bonds. The average Bonchev–Trinajstić information content (AvgIpc) is 2.65. The Morgan fingerprint density at radius 3 is 2.50 bits per heavy atom. The van der Waals surface area contributed by atoms with E-state index in [4.69, 9.17) is 10.8 Å². The fourth-order valence-corrected chi connectivity index (χ4v) is 1.90. The standard InChI is InChI=1S/C12H12F3N3O2/c1-18-8-5-3-2-4-7(8)17-9(18)6-11(16,10(19)20)12(13,14)15/h2-5H,6,16H2,1H3,(H,19,20). The first-order valence-electron chi connectivity index (χ1n) is 5.66. The third kappa shape index (κ3) is 2.11. The van der Waals surface area contributed by atoms with E-state index in [-0.39, 0.29) is 5.82 Å². The van der Waals surface area contributed by atoms with Gasteiger partial charge in [-0.05, 0) is 12.1 Å². The molecule has 1 aromatic carbocycles. The average molecular weight is 287 g/mol. The van der Waals surface area contributed by atoms with Gasteiger partial charge in [0.2, 0.25) is 5.54 Å². The van der Waals surface area contributed by atoms with Crippen molar-refractivity contribution in [2.24, 2.45) is 12.8 Å². The molecule has 0 spiro atoms. The lowest BCUT2D eigenvalue weighted by Crippen LogP contribution is -2.61. The highest BCUT2D eigenvalue weighted by Crippen LogP contribution is 2.32. The first kappa shape index (κ1) is 14.3. The summed E-state index contributed by atoms with van der Waals surface area (Å²) in [5.74, 6) is -2.16. The molecule has 0 saturated carbocycles. The molecule has 0 bridgehead atoms. The molecule has 1 heterocycles. The number of nitrogens with two attached hydrogens (primary N) is 1. The van der Waals surface area contributed by atoms with Crippen LogP contribution in [0.1, 0.15) is 5.82 Å². The molecule has 0 fully saturated rings. The molecule has 1 aromatic heterocycles. The number of para-hydroxylation sites is 2. The second-order valence-corrected chi connectivity index (χ2v) is 4.53.